The predicted molar refractivity (Wildman–Crippen MR) is 195 cm³/mol. The van der Waals surface area contributed by atoms with E-state index in [2.05, 4.69) is 108 Å². The third-order valence-electron chi connectivity index (χ3n) is 7.84. The summed E-state index contributed by atoms with van der Waals surface area (Å²) in [5.74, 6) is -8.75. The van der Waals surface area contributed by atoms with Gasteiger partial charge in [-0.1, -0.05) is 121 Å². The zero-order chi connectivity index (χ0) is 36.1. The summed E-state index contributed by atoms with van der Waals surface area (Å²) in [6.07, 6.45) is 1.25. The van der Waals surface area contributed by atoms with Crippen molar-refractivity contribution in [3.05, 3.63) is 100 Å². The summed E-state index contributed by atoms with van der Waals surface area (Å²) in [6, 6.07) is 10.4. The van der Waals surface area contributed by atoms with Crippen molar-refractivity contribution in [2.45, 2.75) is 130 Å². The number of rotatable bonds is 11. The average Bonchev–Trinajstić information content (AvgIpc) is 2.96. The van der Waals surface area contributed by atoms with E-state index in [0.717, 1.165) is 23.4 Å². The second kappa shape index (κ2) is 18.5. The van der Waals surface area contributed by atoms with E-state index in [-0.39, 0.29) is 52.3 Å². The summed E-state index contributed by atoms with van der Waals surface area (Å²) in [5, 5.41) is 0. The van der Waals surface area contributed by atoms with E-state index in [9.17, 15) is 22.0 Å². The Kier molecular flexibility index (Phi) is 17.1. The SMILES string of the molecule is CC(C)c1cc(C(C)C)c(-c2cccc(C(C[CH-]c3c(F)c(F)c(F)c(F)c3F)P(C(C)C)C(C)C)n2)c(C(C)C)c1.[CH2-][Si](C)(C)C.[Fe+2]. The molecule has 0 N–H and O–H groups in total. The maximum absolute atomic E-state index is 14.6. The van der Waals surface area contributed by atoms with E-state index < -0.39 is 50.6 Å². The molecule has 48 heavy (non-hydrogen) atoms. The summed E-state index contributed by atoms with van der Waals surface area (Å²) < 4.78 is 71.0. The summed E-state index contributed by atoms with van der Waals surface area (Å²) in [6.45, 7) is 32.1. The molecule has 3 rings (SSSR count). The van der Waals surface area contributed by atoms with Gasteiger partial charge in [0.1, 0.15) is 11.6 Å². The molecule has 9 heteroatoms. The molecule has 1 unspecified atom stereocenters. The van der Waals surface area contributed by atoms with E-state index in [4.69, 9.17) is 4.98 Å². The van der Waals surface area contributed by atoms with E-state index in [0.29, 0.717) is 5.92 Å². The van der Waals surface area contributed by atoms with Gasteiger partial charge in [-0.25, -0.2) is 13.2 Å². The van der Waals surface area contributed by atoms with Crippen molar-refractivity contribution in [3.8, 4) is 11.3 Å². The number of aromatic nitrogens is 1. The average molecular weight is 748 g/mol. The van der Waals surface area contributed by atoms with Gasteiger partial charge in [-0.15, -0.1) is 13.6 Å². The number of hydrogen-bond donors (Lipinski definition) is 0. The van der Waals surface area contributed by atoms with Crippen molar-refractivity contribution in [2.24, 2.45) is 0 Å². The monoisotopic (exact) mass is 747 g/mol. The molecule has 0 saturated carbocycles. The quantitative estimate of drug-likeness (QED) is 0.0475. The molecule has 268 valence electrons. The van der Waals surface area contributed by atoms with Gasteiger partial charge in [-0.2, -0.15) is 6.42 Å². The molecular weight excluding hydrogens is 692 g/mol. The Morgan fingerprint density at radius 1 is 0.708 bits per heavy atom. The third kappa shape index (κ3) is 11.4. The second-order valence-electron chi connectivity index (χ2n) is 15.1. The molecule has 1 atom stereocenters. The van der Waals surface area contributed by atoms with E-state index in [1.54, 1.807) is 0 Å². The Morgan fingerprint density at radius 3 is 1.50 bits per heavy atom. The minimum atomic E-state index is -2.15. The van der Waals surface area contributed by atoms with Gasteiger partial charge < -0.3 is 6.55 Å². The smallest absolute Gasteiger partial charge is 0.342 e. The Balaban J connectivity index is 0.00000178. The minimum absolute atomic E-state index is 0. The number of halogens is 5. The van der Waals surface area contributed by atoms with Gasteiger partial charge in [0.15, 0.2) is 5.82 Å². The number of benzene rings is 2. The Bertz CT molecular complexity index is 1430. The standard InChI is InChI=1S/C35H44F5NP.C4H11Si.Fe/c1-18(2)23-16-25(19(3)4)30(26(17-23)20(5)6)28-13-11-12-27(41-28)29(42(21(7)8)22(9)10)15-14-24-31(36)33(38)35(40)34(39)32(24)37;1-5(2,3)4;/h11-14,16-22,29H,15H2,1-10H3;1H2,2-4H3;/q2*-1;+2. The van der Waals surface area contributed by atoms with Crippen molar-refractivity contribution in [2.75, 3.05) is 0 Å². The Hall–Kier alpha value is -1.72. The zero-order valence-electron chi connectivity index (χ0n) is 31.0. The molecule has 0 aliphatic heterocycles. The molecule has 0 radical (unpaired) electrons. The van der Waals surface area contributed by atoms with Gasteiger partial charge in [0.05, 0.1) is 17.3 Å². The molecular formula is C39H55F5FeNPSi. The maximum Gasteiger partial charge on any atom is 2.00 e. The van der Waals surface area contributed by atoms with Gasteiger partial charge in [0.2, 0.25) is 0 Å². The van der Waals surface area contributed by atoms with E-state index in [1.165, 1.54) is 16.7 Å². The molecule has 1 nitrogen and oxygen atoms in total. The first-order valence-electron chi connectivity index (χ1n) is 16.7. The summed E-state index contributed by atoms with van der Waals surface area (Å²) >= 11 is 0. The van der Waals surface area contributed by atoms with E-state index >= 15 is 0 Å². The second-order valence-corrected chi connectivity index (χ2v) is 23.8. The van der Waals surface area contributed by atoms with Crippen LogP contribution in [-0.2, 0) is 17.1 Å². The predicted octanol–water partition coefficient (Wildman–Crippen LogP) is 13.5. The van der Waals surface area contributed by atoms with Crippen LogP contribution in [0, 0.1) is 42.1 Å². The number of hydrogen-bond acceptors (Lipinski definition) is 1. The topological polar surface area (TPSA) is 12.9 Å². The van der Waals surface area contributed by atoms with Crippen LogP contribution in [0.5, 0.6) is 0 Å². The summed E-state index contributed by atoms with van der Waals surface area (Å²) in [7, 11) is -1.65. The molecule has 0 aliphatic rings. The van der Waals surface area contributed by atoms with Crippen LogP contribution < -0.4 is 0 Å². The minimum Gasteiger partial charge on any atom is -0.342 e. The van der Waals surface area contributed by atoms with Crippen molar-refractivity contribution < 1.29 is 39.0 Å². The molecule has 3 aromatic rings. The summed E-state index contributed by atoms with van der Waals surface area (Å²) in [4.78, 5) is 5.20. The fourth-order valence-corrected chi connectivity index (χ4v) is 9.20. The van der Waals surface area contributed by atoms with Crippen LogP contribution in [0.2, 0.25) is 19.6 Å². The van der Waals surface area contributed by atoms with Crippen LogP contribution in [0.25, 0.3) is 11.3 Å². The maximum atomic E-state index is 14.6. The molecule has 0 saturated heterocycles. The largest absolute Gasteiger partial charge is 2.00 e. The van der Waals surface area contributed by atoms with Crippen LogP contribution in [-0.4, -0.2) is 24.4 Å². The fourth-order valence-electron chi connectivity index (χ4n) is 5.77. The normalized spacial score (nSPS) is 12.6. The van der Waals surface area contributed by atoms with Crippen LogP contribution in [0.15, 0.2) is 30.3 Å². The summed E-state index contributed by atoms with van der Waals surface area (Å²) in [5.41, 5.74) is 5.75. The fraction of sp³-hybridized carbons (Fsp3) is 0.513. The molecule has 0 bridgehead atoms. The van der Waals surface area contributed by atoms with Crippen molar-refractivity contribution in [1.29, 1.82) is 0 Å². The van der Waals surface area contributed by atoms with Crippen LogP contribution in [0.4, 0.5) is 22.0 Å². The first-order chi connectivity index (χ1) is 21.6. The first kappa shape index (κ1) is 44.3. The van der Waals surface area contributed by atoms with Gasteiger partial charge in [0.25, 0.3) is 0 Å². The molecule has 0 amide bonds. The van der Waals surface area contributed by atoms with Crippen LogP contribution in [0.1, 0.15) is 127 Å². The Labute approximate surface area is 300 Å². The molecule has 0 aliphatic carbocycles. The molecule has 1 aromatic heterocycles. The van der Waals surface area contributed by atoms with Gasteiger partial charge in [-0.3, -0.25) is 13.8 Å². The number of pyridine rings is 1. The van der Waals surface area contributed by atoms with Crippen molar-refractivity contribution >= 4 is 16.0 Å². The van der Waals surface area contributed by atoms with E-state index in [1.807, 2.05) is 18.2 Å². The molecule has 1 heterocycles. The van der Waals surface area contributed by atoms with Crippen LogP contribution in [0.3, 0.4) is 0 Å². The van der Waals surface area contributed by atoms with Crippen molar-refractivity contribution in [1.82, 2.24) is 4.98 Å². The van der Waals surface area contributed by atoms with Gasteiger partial charge in [-0.05, 0) is 57.9 Å². The zero-order valence-corrected chi connectivity index (χ0v) is 34.0. The molecule has 0 spiro atoms. The number of nitrogens with zero attached hydrogens (tertiary/aromatic N) is 1. The van der Waals surface area contributed by atoms with Crippen molar-refractivity contribution in [3.63, 3.8) is 0 Å². The molecule has 2 aromatic carbocycles. The molecule has 0 fully saturated rings. The van der Waals surface area contributed by atoms with Gasteiger partial charge >= 0.3 is 17.1 Å². The first-order valence-corrected chi connectivity index (χ1v) is 22.0. The third-order valence-corrected chi connectivity index (χ3v) is 11.4. The van der Waals surface area contributed by atoms with Gasteiger partial charge in [0, 0.05) is 16.9 Å². The Morgan fingerprint density at radius 2 is 1.12 bits per heavy atom. The van der Waals surface area contributed by atoms with Crippen LogP contribution >= 0.6 is 7.92 Å².